The van der Waals surface area contributed by atoms with E-state index in [9.17, 15) is 0 Å². The Morgan fingerprint density at radius 1 is 1.23 bits per heavy atom. The van der Waals surface area contributed by atoms with Crippen LogP contribution in [0.25, 0.3) is 0 Å². The van der Waals surface area contributed by atoms with Gasteiger partial charge in [0.25, 0.3) is 0 Å². The van der Waals surface area contributed by atoms with E-state index < -0.39 is 0 Å². The van der Waals surface area contributed by atoms with E-state index >= 15 is 0 Å². The van der Waals surface area contributed by atoms with Gasteiger partial charge in [-0.25, -0.2) is 0 Å². The lowest BCUT2D eigenvalue weighted by Crippen LogP contribution is -2.50. The summed E-state index contributed by atoms with van der Waals surface area (Å²) in [5, 5.41) is 3.41. The predicted molar refractivity (Wildman–Crippen MR) is 128 cm³/mol. The number of hydrogen-bond donors (Lipinski definition) is 1. The van der Waals surface area contributed by atoms with E-state index in [1.54, 1.807) is 12.4 Å². The van der Waals surface area contributed by atoms with Gasteiger partial charge in [-0.2, -0.15) is 0 Å². The summed E-state index contributed by atoms with van der Waals surface area (Å²) in [4.78, 5) is 13.4. The first kappa shape index (κ1) is 22.8. The minimum Gasteiger partial charge on any atom is -0.490 e. The number of fused-ring (bicyclic) bond motifs is 1. The van der Waals surface area contributed by atoms with Crippen LogP contribution in [0, 0.1) is 0 Å². The maximum absolute atomic E-state index is 6.08. The Balaban J connectivity index is 0.00000256. The standard InChI is InChI=1S/C22H29N5O2.HI/c1-23-22(25-10-12-28-19-8-5-9-24-14-19)27-16-20-21(17-27)29-13-11-26(20)15-18-6-3-2-4-7-18;/h2-9,14,20-21H,10-13,15-17H2,1H3,(H,23,25);1H. The minimum absolute atomic E-state index is 0. The van der Waals surface area contributed by atoms with E-state index in [1.807, 2.05) is 19.2 Å². The molecule has 1 aromatic carbocycles. The third-order valence-corrected chi connectivity index (χ3v) is 5.44. The summed E-state index contributed by atoms with van der Waals surface area (Å²) in [6.45, 7) is 5.73. The maximum Gasteiger partial charge on any atom is 0.193 e. The average molecular weight is 523 g/mol. The van der Waals surface area contributed by atoms with Gasteiger partial charge in [-0.3, -0.25) is 14.9 Å². The average Bonchev–Trinajstić information content (AvgIpc) is 3.20. The van der Waals surface area contributed by atoms with Crippen molar-refractivity contribution in [2.75, 3.05) is 46.4 Å². The molecule has 4 rings (SSSR count). The molecular weight excluding hydrogens is 493 g/mol. The Bertz CT molecular complexity index is 793. The second kappa shape index (κ2) is 11.5. The number of ether oxygens (including phenoxy) is 2. The van der Waals surface area contributed by atoms with Crippen LogP contribution in [0.15, 0.2) is 59.9 Å². The second-order valence-corrected chi connectivity index (χ2v) is 7.35. The predicted octanol–water partition coefficient (Wildman–Crippen LogP) is 2.24. The van der Waals surface area contributed by atoms with Crippen molar-refractivity contribution in [2.24, 2.45) is 4.99 Å². The quantitative estimate of drug-likeness (QED) is 0.271. The molecule has 2 unspecified atom stereocenters. The number of morpholine rings is 1. The summed E-state index contributed by atoms with van der Waals surface area (Å²) in [6.07, 6.45) is 3.68. The van der Waals surface area contributed by atoms with Gasteiger partial charge in [0.15, 0.2) is 5.96 Å². The number of pyridine rings is 1. The van der Waals surface area contributed by atoms with Crippen LogP contribution in [0.1, 0.15) is 5.56 Å². The van der Waals surface area contributed by atoms with Crippen molar-refractivity contribution in [3.05, 3.63) is 60.4 Å². The van der Waals surface area contributed by atoms with Crippen molar-refractivity contribution < 1.29 is 9.47 Å². The molecule has 0 aliphatic carbocycles. The number of benzene rings is 1. The van der Waals surface area contributed by atoms with Crippen LogP contribution >= 0.6 is 24.0 Å². The zero-order valence-corrected chi connectivity index (χ0v) is 19.6. The van der Waals surface area contributed by atoms with Gasteiger partial charge >= 0.3 is 0 Å². The first-order chi connectivity index (χ1) is 14.3. The molecule has 3 heterocycles. The molecule has 0 saturated carbocycles. The summed E-state index contributed by atoms with van der Waals surface area (Å²) in [5.74, 6) is 1.68. The lowest BCUT2D eigenvalue weighted by Gasteiger charge is -2.36. The lowest BCUT2D eigenvalue weighted by molar-refractivity contribution is -0.0502. The molecular formula is C22H30IN5O2. The topological polar surface area (TPSA) is 62.2 Å². The van der Waals surface area contributed by atoms with Crippen LogP contribution in [0.3, 0.4) is 0 Å². The highest BCUT2D eigenvalue weighted by Gasteiger charge is 2.41. The third kappa shape index (κ3) is 5.83. The van der Waals surface area contributed by atoms with E-state index in [0.29, 0.717) is 19.2 Å². The van der Waals surface area contributed by atoms with Crippen LogP contribution in [-0.4, -0.2) is 79.3 Å². The second-order valence-electron chi connectivity index (χ2n) is 7.35. The van der Waals surface area contributed by atoms with E-state index in [0.717, 1.165) is 44.5 Å². The van der Waals surface area contributed by atoms with Crippen molar-refractivity contribution in [1.82, 2.24) is 20.1 Å². The molecule has 0 spiro atoms. The molecule has 2 saturated heterocycles. The van der Waals surface area contributed by atoms with Crippen LogP contribution in [0.5, 0.6) is 5.75 Å². The highest BCUT2D eigenvalue weighted by atomic mass is 127. The summed E-state index contributed by atoms with van der Waals surface area (Å²) in [7, 11) is 1.83. The van der Waals surface area contributed by atoms with E-state index in [4.69, 9.17) is 9.47 Å². The molecule has 0 amide bonds. The molecule has 2 aliphatic rings. The maximum atomic E-state index is 6.08. The molecule has 0 radical (unpaired) electrons. The molecule has 8 heteroatoms. The van der Waals surface area contributed by atoms with Gasteiger partial charge in [-0.1, -0.05) is 30.3 Å². The van der Waals surface area contributed by atoms with Crippen molar-refractivity contribution in [3.8, 4) is 5.75 Å². The molecule has 30 heavy (non-hydrogen) atoms. The number of nitrogens with one attached hydrogen (secondary N) is 1. The summed E-state index contributed by atoms with van der Waals surface area (Å²) in [5.41, 5.74) is 1.35. The van der Waals surface area contributed by atoms with Gasteiger partial charge in [0, 0.05) is 39.4 Å². The molecule has 1 N–H and O–H groups in total. The Morgan fingerprint density at radius 3 is 2.87 bits per heavy atom. The fraction of sp³-hybridized carbons (Fsp3) is 0.455. The fourth-order valence-corrected chi connectivity index (χ4v) is 4.04. The SMILES string of the molecule is CN=C(NCCOc1cccnc1)N1CC2OCCN(Cc3ccccc3)C2C1.I. The molecule has 2 aromatic rings. The third-order valence-electron chi connectivity index (χ3n) is 5.44. The number of aromatic nitrogens is 1. The number of aliphatic imine (C=N–C) groups is 1. The largest absolute Gasteiger partial charge is 0.490 e. The zero-order valence-electron chi connectivity index (χ0n) is 17.3. The zero-order chi connectivity index (χ0) is 19.9. The Hall–Kier alpha value is -1.91. The smallest absolute Gasteiger partial charge is 0.193 e. The monoisotopic (exact) mass is 523 g/mol. The Kier molecular flexibility index (Phi) is 8.71. The van der Waals surface area contributed by atoms with Gasteiger partial charge in [0.1, 0.15) is 12.4 Å². The highest BCUT2D eigenvalue weighted by molar-refractivity contribution is 14.0. The van der Waals surface area contributed by atoms with Crippen molar-refractivity contribution in [2.45, 2.75) is 18.7 Å². The van der Waals surface area contributed by atoms with Crippen LogP contribution in [-0.2, 0) is 11.3 Å². The van der Waals surface area contributed by atoms with Crippen molar-refractivity contribution in [1.29, 1.82) is 0 Å². The molecule has 2 aliphatic heterocycles. The van der Waals surface area contributed by atoms with Gasteiger partial charge in [-0.05, 0) is 17.7 Å². The Labute approximate surface area is 195 Å². The molecule has 1 aromatic heterocycles. The summed E-state index contributed by atoms with van der Waals surface area (Å²) in [6, 6.07) is 14.8. The van der Waals surface area contributed by atoms with Gasteiger partial charge in [0.2, 0.25) is 0 Å². The number of nitrogens with zero attached hydrogens (tertiary/aromatic N) is 4. The normalized spacial score (nSPS) is 21.6. The van der Waals surface area contributed by atoms with Crippen LogP contribution in [0.4, 0.5) is 0 Å². The minimum atomic E-state index is 0. The van der Waals surface area contributed by atoms with Crippen molar-refractivity contribution in [3.63, 3.8) is 0 Å². The summed E-state index contributed by atoms with van der Waals surface area (Å²) >= 11 is 0. The molecule has 2 fully saturated rings. The highest BCUT2D eigenvalue weighted by Crippen LogP contribution is 2.24. The van der Waals surface area contributed by atoms with Crippen LogP contribution < -0.4 is 10.1 Å². The van der Waals surface area contributed by atoms with E-state index in [-0.39, 0.29) is 30.1 Å². The first-order valence-corrected chi connectivity index (χ1v) is 10.2. The molecule has 7 nitrogen and oxygen atoms in total. The van der Waals surface area contributed by atoms with Gasteiger partial charge in [-0.15, -0.1) is 24.0 Å². The fourth-order valence-electron chi connectivity index (χ4n) is 4.04. The van der Waals surface area contributed by atoms with Crippen LogP contribution in [0.2, 0.25) is 0 Å². The van der Waals surface area contributed by atoms with E-state index in [2.05, 4.69) is 55.4 Å². The molecule has 162 valence electrons. The Morgan fingerprint density at radius 2 is 2.10 bits per heavy atom. The first-order valence-electron chi connectivity index (χ1n) is 10.2. The number of likely N-dealkylation sites (tertiary alicyclic amines) is 1. The molecule has 2 atom stereocenters. The lowest BCUT2D eigenvalue weighted by atomic mass is 10.1. The number of rotatable bonds is 6. The van der Waals surface area contributed by atoms with Gasteiger partial charge in [0.05, 0.1) is 31.5 Å². The number of guanidine groups is 1. The van der Waals surface area contributed by atoms with Crippen molar-refractivity contribution >= 4 is 29.9 Å². The number of hydrogen-bond acceptors (Lipinski definition) is 5. The van der Waals surface area contributed by atoms with Gasteiger partial charge < -0.3 is 19.7 Å². The number of halogens is 1. The van der Waals surface area contributed by atoms with E-state index in [1.165, 1.54) is 5.56 Å². The summed E-state index contributed by atoms with van der Waals surface area (Å²) < 4.78 is 11.8. The molecule has 0 bridgehead atoms.